The molecule has 0 saturated heterocycles. The predicted molar refractivity (Wildman–Crippen MR) is 65.1 cm³/mol. The van der Waals surface area contributed by atoms with Gasteiger partial charge in [-0.15, -0.1) is 0 Å². The molecule has 0 radical (unpaired) electrons. The van der Waals surface area contributed by atoms with E-state index in [-0.39, 0.29) is 0 Å². The van der Waals surface area contributed by atoms with Gasteiger partial charge < -0.3 is 4.74 Å². The van der Waals surface area contributed by atoms with Crippen molar-refractivity contribution in [1.82, 2.24) is 0 Å². The van der Waals surface area contributed by atoms with Crippen LogP contribution in [-0.4, -0.2) is 18.5 Å². The van der Waals surface area contributed by atoms with Crippen LogP contribution >= 0.6 is 12.6 Å². The van der Waals surface area contributed by atoms with Crippen molar-refractivity contribution in [1.29, 1.82) is 0 Å². The van der Waals surface area contributed by atoms with Crippen molar-refractivity contribution >= 4 is 12.6 Å². The van der Waals surface area contributed by atoms with Gasteiger partial charge in [-0.3, -0.25) is 0 Å². The minimum absolute atomic E-state index is 0.555. The van der Waals surface area contributed by atoms with Crippen LogP contribution in [-0.2, 0) is 4.74 Å². The van der Waals surface area contributed by atoms with Crippen molar-refractivity contribution in [2.24, 2.45) is 5.92 Å². The van der Waals surface area contributed by atoms with Gasteiger partial charge in [0, 0.05) is 6.61 Å². The molecule has 0 N–H and O–H groups in total. The van der Waals surface area contributed by atoms with Crippen molar-refractivity contribution < 1.29 is 4.74 Å². The quantitative estimate of drug-likeness (QED) is 0.526. The third-order valence-electron chi connectivity index (χ3n) is 3.17. The van der Waals surface area contributed by atoms with Crippen LogP contribution < -0.4 is 0 Å². The van der Waals surface area contributed by atoms with Crippen LogP contribution in [0.2, 0.25) is 0 Å². The molecule has 0 aromatic carbocycles. The summed E-state index contributed by atoms with van der Waals surface area (Å²) in [6, 6.07) is 0. The maximum Gasteiger partial charge on any atom is 0.0600 e. The molecule has 0 spiro atoms. The molecule has 0 heterocycles. The minimum Gasteiger partial charge on any atom is -0.378 e. The third kappa shape index (κ3) is 4.70. The maximum absolute atomic E-state index is 5.92. The van der Waals surface area contributed by atoms with Crippen LogP contribution in [0.1, 0.15) is 51.9 Å². The molecule has 0 bridgehead atoms. The van der Waals surface area contributed by atoms with Gasteiger partial charge in [-0.1, -0.05) is 26.2 Å². The van der Waals surface area contributed by atoms with Crippen LogP contribution in [0.15, 0.2) is 0 Å². The van der Waals surface area contributed by atoms with Crippen molar-refractivity contribution in [2.45, 2.75) is 58.0 Å². The first-order valence-electron chi connectivity index (χ1n) is 6.07. The van der Waals surface area contributed by atoms with Crippen LogP contribution in [0.25, 0.3) is 0 Å². The van der Waals surface area contributed by atoms with Gasteiger partial charge in [0.25, 0.3) is 0 Å². The first kappa shape index (κ1) is 12.4. The van der Waals surface area contributed by atoms with E-state index in [1.54, 1.807) is 0 Å². The standard InChI is InChI=1S/C12H24OS/c1-11-7-3-4-8-12(11)13-9-5-2-6-10-14/h11-12,14H,2-10H2,1H3. The van der Waals surface area contributed by atoms with E-state index in [0.717, 1.165) is 18.3 Å². The molecule has 1 saturated carbocycles. The molecular formula is C12H24OS. The average Bonchev–Trinajstić information content (AvgIpc) is 2.20. The number of unbranched alkanes of at least 4 members (excludes halogenated alkanes) is 2. The highest BCUT2D eigenvalue weighted by atomic mass is 32.1. The molecular weight excluding hydrogens is 192 g/mol. The predicted octanol–water partition coefficient (Wildman–Crippen LogP) is 3.68. The van der Waals surface area contributed by atoms with E-state index in [2.05, 4.69) is 19.6 Å². The highest BCUT2D eigenvalue weighted by Gasteiger charge is 2.21. The second-order valence-corrected chi connectivity index (χ2v) is 4.90. The summed E-state index contributed by atoms with van der Waals surface area (Å²) in [5.41, 5.74) is 0. The first-order valence-corrected chi connectivity index (χ1v) is 6.70. The Morgan fingerprint density at radius 3 is 2.64 bits per heavy atom. The zero-order valence-electron chi connectivity index (χ0n) is 9.37. The molecule has 0 amide bonds. The minimum atomic E-state index is 0.555. The molecule has 0 aromatic heterocycles. The highest BCUT2D eigenvalue weighted by molar-refractivity contribution is 7.80. The van der Waals surface area contributed by atoms with Crippen molar-refractivity contribution in [3.8, 4) is 0 Å². The maximum atomic E-state index is 5.92. The van der Waals surface area contributed by atoms with Gasteiger partial charge in [-0.25, -0.2) is 0 Å². The molecule has 1 aliphatic carbocycles. The fraction of sp³-hybridized carbons (Fsp3) is 1.00. The average molecular weight is 216 g/mol. The monoisotopic (exact) mass is 216 g/mol. The second-order valence-electron chi connectivity index (χ2n) is 4.46. The molecule has 2 unspecified atom stereocenters. The Bertz CT molecular complexity index is 138. The normalized spacial score (nSPS) is 27.9. The number of thiol groups is 1. The van der Waals surface area contributed by atoms with Crippen molar-refractivity contribution in [3.63, 3.8) is 0 Å². The SMILES string of the molecule is CC1CCCCC1OCCCCCS. The smallest absolute Gasteiger partial charge is 0.0600 e. The molecule has 0 aromatic rings. The van der Waals surface area contributed by atoms with Crippen molar-refractivity contribution in [2.75, 3.05) is 12.4 Å². The largest absolute Gasteiger partial charge is 0.378 e. The van der Waals surface area contributed by atoms with Crippen LogP contribution in [0.4, 0.5) is 0 Å². The Kier molecular flexibility index (Phi) is 6.70. The van der Waals surface area contributed by atoms with E-state index in [9.17, 15) is 0 Å². The van der Waals surface area contributed by atoms with E-state index in [1.165, 1.54) is 44.9 Å². The van der Waals surface area contributed by atoms with Gasteiger partial charge in [-0.2, -0.15) is 12.6 Å². The Morgan fingerprint density at radius 2 is 1.93 bits per heavy atom. The summed E-state index contributed by atoms with van der Waals surface area (Å²) in [6.07, 6.45) is 9.68. The van der Waals surface area contributed by atoms with E-state index in [4.69, 9.17) is 4.74 Å². The molecule has 1 fully saturated rings. The fourth-order valence-electron chi connectivity index (χ4n) is 2.16. The summed E-state index contributed by atoms with van der Waals surface area (Å²) in [4.78, 5) is 0. The molecule has 2 atom stereocenters. The van der Waals surface area contributed by atoms with Gasteiger partial charge in [0.05, 0.1) is 6.10 Å². The molecule has 1 nitrogen and oxygen atoms in total. The lowest BCUT2D eigenvalue weighted by molar-refractivity contribution is -0.00642. The number of ether oxygens (including phenoxy) is 1. The molecule has 14 heavy (non-hydrogen) atoms. The highest BCUT2D eigenvalue weighted by Crippen LogP contribution is 2.26. The van der Waals surface area contributed by atoms with Gasteiger partial charge in [0.15, 0.2) is 0 Å². The lowest BCUT2D eigenvalue weighted by Crippen LogP contribution is -2.25. The Labute approximate surface area is 94.0 Å². The van der Waals surface area contributed by atoms with Crippen molar-refractivity contribution in [3.05, 3.63) is 0 Å². The number of rotatable bonds is 6. The lowest BCUT2D eigenvalue weighted by Gasteiger charge is -2.28. The fourth-order valence-corrected chi connectivity index (χ4v) is 2.38. The van der Waals surface area contributed by atoms with E-state index >= 15 is 0 Å². The van der Waals surface area contributed by atoms with E-state index in [1.807, 2.05) is 0 Å². The zero-order valence-corrected chi connectivity index (χ0v) is 10.3. The molecule has 84 valence electrons. The van der Waals surface area contributed by atoms with Crippen LogP contribution in [0.3, 0.4) is 0 Å². The second kappa shape index (κ2) is 7.58. The van der Waals surface area contributed by atoms with E-state index in [0.29, 0.717) is 6.10 Å². The van der Waals surface area contributed by atoms with Crippen LogP contribution in [0, 0.1) is 5.92 Å². The van der Waals surface area contributed by atoms with Gasteiger partial charge in [0.1, 0.15) is 0 Å². The molecule has 2 heteroatoms. The van der Waals surface area contributed by atoms with Crippen LogP contribution in [0.5, 0.6) is 0 Å². The summed E-state index contributed by atoms with van der Waals surface area (Å²) >= 11 is 4.20. The van der Waals surface area contributed by atoms with Gasteiger partial charge in [-0.05, 0) is 37.4 Å². The summed E-state index contributed by atoms with van der Waals surface area (Å²) < 4.78 is 5.92. The summed E-state index contributed by atoms with van der Waals surface area (Å²) in [5, 5.41) is 0. The number of hydrogen-bond acceptors (Lipinski definition) is 2. The Hall–Kier alpha value is 0.310. The summed E-state index contributed by atoms with van der Waals surface area (Å²) in [7, 11) is 0. The van der Waals surface area contributed by atoms with Gasteiger partial charge >= 0.3 is 0 Å². The van der Waals surface area contributed by atoms with E-state index < -0.39 is 0 Å². The lowest BCUT2D eigenvalue weighted by atomic mass is 9.88. The number of hydrogen-bond donors (Lipinski definition) is 1. The topological polar surface area (TPSA) is 9.23 Å². The van der Waals surface area contributed by atoms with Gasteiger partial charge in [0.2, 0.25) is 0 Å². The molecule has 1 rings (SSSR count). The Balaban J connectivity index is 1.99. The summed E-state index contributed by atoms with van der Waals surface area (Å²) in [5.74, 6) is 1.80. The molecule has 1 aliphatic rings. The Morgan fingerprint density at radius 1 is 1.14 bits per heavy atom. The zero-order chi connectivity index (χ0) is 10.2. The third-order valence-corrected chi connectivity index (χ3v) is 3.48. The summed E-state index contributed by atoms with van der Waals surface area (Å²) in [6.45, 7) is 3.29. The first-order chi connectivity index (χ1) is 6.84. The molecule has 0 aliphatic heterocycles.